The van der Waals surface area contributed by atoms with E-state index in [0.29, 0.717) is 11.9 Å². The summed E-state index contributed by atoms with van der Waals surface area (Å²) >= 11 is 0. The molecule has 0 atom stereocenters. The van der Waals surface area contributed by atoms with Gasteiger partial charge in [0.2, 0.25) is 11.9 Å². The molecule has 0 aliphatic carbocycles. The lowest BCUT2D eigenvalue weighted by Gasteiger charge is -2.24. The maximum atomic E-state index is 4.85. The minimum Gasteiger partial charge on any atom is -0.279 e. The van der Waals surface area contributed by atoms with E-state index in [0.717, 1.165) is 56.7 Å². The van der Waals surface area contributed by atoms with E-state index in [1.54, 1.807) is 0 Å². The number of hydrogen-bond acceptors (Lipinski definition) is 6. The van der Waals surface area contributed by atoms with Crippen LogP contribution in [0.25, 0.3) is 43.8 Å². The maximum absolute atomic E-state index is 4.85. The van der Waals surface area contributed by atoms with Crippen LogP contribution in [0.4, 0.5) is 34.6 Å². The molecule has 2 aromatic heterocycles. The first-order chi connectivity index (χ1) is 27.4. The van der Waals surface area contributed by atoms with Gasteiger partial charge in [0.05, 0.1) is 0 Å². The van der Waals surface area contributed by atoms with Crippen molar-refractivity contribution in [3.63, 3.8) is 0 Å². The lowest BCUT2D eigenvalue weighted by atomic mass is 9.86. The molecule has 0 aliphatic rings. The van der Waals surface area contributed by atoms with Gasteiger partial charge in [0.15, 0.2) is 0 Å². The molecule has 0 amide bonds. The van der Waals surface area contributed by atoms with E-state index in [4.69, 9.17) is 19.9 Å². The van der Waals surface area contributed by atoms with Crippen molar-refractivity contribution in [2.45, 2.75) is 27.7 Å². The van der Waals surface area contributed by atoms with E-state index >= 15 is 0 Å². The van der Waals surface area contributed by atoms with Crippen molar-refractivity contribution in [3.8, 4) is 22.3 Å². The summed E-state index contributed by atoms with van der Waals surface area (Å²) in [6.07, 6.45) is 0. The summed E-state index contributed by atoms with van der Waals surface area (Å²) in [4.78, 5) is 23.6. The van der Waals surface area contributed by atoms with Crippen molar-refractivity contribution in [3.05, 3.63) is 193 Å². The smallest absolute Gasteiger partial charge is 0.235 e. The van der Waals surface area contributed by atoms with E-state index < -0.39 is 0 Å². The molecule has 0 fully saturated rings. The van der Waals surface area contributed by atoms with Crippen molar-refractivity contribution < 1.29 is 0 Å². The Labute approximate surface area is 327 Å². The molecule has 0 spiro atoms. The molecule has 0 bridgehead atoms. The number of nitrogens with zero attached hydrogens (tertiary/aromatic N) is 6. The molecule has 2 heterocycles. The van der Waals surface area contributed by atoms with Gasteiger partial charge in [0, 0.05) is 45.5 Å². The zero-order valence-corrected chi connectivity index (χ0v) is 31.8. The number of anilines is 6. The van der Waals surface area contributed by atoms with Gasteiger partial charge < -0.3 is 0 Å². The van der Waals surface area contributed by atoms with Gasteiger partial charge in [-0.25, -0.2) is 19.9 Å². The van der Waals surface area contributed by atoms with Gasteiger partial charge in [-0.3, -0.25) is 9.80 Å². The molecule has 56 heavy (non-hydrogen) atoms. The average molecular weight is 725 g/mol. The number of fused-ring (bicyclic) bond motifs is 2. The Balaban J connectivity index is 1.16. The molecule has 0 radical (unpaired) electrons. The van der Waals surface area contributed by atoms with E-state index in [-0.39, 0.29) is 0 Å². The van der Waals surface area contributed by atoms with Crippen LogP contribution in [0.3, 0.4) is 0 Å². The van der Waals surface area contributed by atoms with Gasteiger partial charge in [-0.2, -0.15) is 0 Å². The average Bonchev–Trinajstić information content (AvgIpc) is 3.21. The second kappa shape index (κ2) is 14.6. The summed E-state index contributed by atoms with van der Waals surface area (Å²) in [6.45, 7) is 8.05. The van der Waals surface area contributed by atoms with Gasteiger partial charge in [0.1, 0.15) is 0 Å². The number of para-hydroxylation sites is 2. The summed E-state index contributed by atoms with van der Waals surface area (Å²) in [7, 11) is 0. The van der Waals surface area contributed by atoms with Gasteiger partial charge in [0.25, 0.3) is 0 Å². The highest BCUT2D eigenvalue weighted by atomic mass is 15.3. The summed E-state index contributed by atoms with van der Waals surface area (Å²) in [5, 5.41) is 4.80. The fourth-order valence-corrected chi connectivity index (χ4v) is 7.83. The SMILES string of the molecule is Cc1cc(C)nc(N(c2ccccc2)c2ccc(-c3c4ccccc4c(-c4ccc(N(c5ccccc5)c5nc(C)cc(C)n5)cc4)c4ccccc34)cc2)n1. The molecule has 9 aromatic rings. The second-order valence-electron chi connectivity index (χ2n) is 14.2. The molecular weight excluding hydrogens is 685 g/mol. The highest BCUT2D eigenvalue weighted by Crippen LogP contribution is 2.45. The predicted octanol–water partition coefficient (Wildman–Crippen LogP) is 13.1. The van der Waals surface area contributed by atoms with Gasteiger partial charge in [-0.15, -0.1) is 0 Å². The molecule has 9 rings (SSSR count). The molecule has 6 nitrogen and oxygen atoms in total. The standard InChI is InChI=1S/C50H40N6/c1-33-31-34(2)52-49(51-33)55(39-15-7-5-8-16-39)41-27-23-37(24-28-41)47-43-19-11-13-21-45(43)48(46-22-14-12-20-44(46)47)38-25-29-42(30-26-38)56(40-17-9-6-10-18-40)50-53-35(3)32-36(4)54-50/h5-32H,1-4H3. The number of hydrogen-bond donors (Lipinski definition) is 0. The minimum absolute atomic E-state index is 0.654. The molecule has 7 aromatic carbocycles. The summed E-state index contributed by atoms with van der Waals surface area (Å²) in [6, 6.07) is 59.8. The van der Waals surface area contributed by atoms with Gasteiger partial charge in [-0.1, -0.05) is 109 Å². The summed E-state index contributed by atoms with van der Waals surface area (Å²) < 4.78 is 0. The predicted molar refractivity (Wildman–Crippen MR) is 232 cm³/mol. The lowest BCUT2D eigenvalue weighted by Crippen LogP contribution is -2.14. The van der Waals surface area contributed by atoms with Crippen LogP contribution in [0.15, 0.2) is 170 Å². The normalized spacial score (nSPS) is 11.2. The molecule has 0 unspecified atom stereocenters. The van der Waals surface area contributed by atoms with Crippen molar-refractivity contribution in [2.24, 2.45) is 0 Å². The van der Waals surface area contributed by atoms with Crippen LogP contribution in [0, 0.1) is 27.7 Å². The van der Waals surface area contributed by atoms with Crippen LogP contribution in [0.1, 0.15) is 22.8 Å². The van der Waals surface area contributed by atoms with Crippen molar-refractivity contribution >= 4 is 56.2 Å². The zero-order chi connectivity index (χ0) is 38.2. The van der Waals surface area contributed by atoms with Crippen molar-refractivity contribution in [2.75, 3.05) is 9.80 Å². The van der Waals surface area contributed by atoms with Crippen LogP contribution >= 0.6 is 0 Å². The summed E-state index contributed by atoms with van der Waals surface area (Å²) in [5.41, 5.74) is 12.4. The Morgan fingerprint density at radius 1 is 0.304 bits per heavy atom. The fraction of sp³-hybridized carbons (Fsp3) is 0.0800. The monoisotopic (exact) mass is 724 g/mol. The Hall–Kier alpha value is -7.18. The minimum atomic E-state index is 0.654. The van der Waals surface area contributed by atoms with Gasteiger partial charge >= 0.3 is 0 Å². The molecule has 0 saturated carbocycles. The largest absolute Gasteiger partial charge is 0.279 e. The molecule has 270 valence electrons. The third-order valence-electron chi connectivity index (χ3n) is 10.1. The second-order valence-corrected chi connectivity index (χ2v) is 14.2. The van der Waals surface area contributed by atoms with Crippen LogP contribution in [-0.2, 0) is 0 Å². The van der Waals surface area contributed by atoms with Crippen LogP contribution in [-0.4, -0.2) is 19.9 Å². The first-order valence-electron chi connectivity index (χ1n) is 18.9. The quantitative estimate of drug-likeness (QED) is 0.145. The summed E-state index contributed by atoms with van der Waals surface area (Å²) in [5.74, 6) is 1.31. The number of benzene rings is 7. The molecule has 0 aliphatic heterocycles. The van der Waals surface area contributed by atoms with Crippen LogP contribution in [0.5, 0.6) is 0 Å². The Bertz CT molecular complexity index is 2540. The zero-order valence-electron chi connectivity index (χ0n) is 31.8. The van der Waals surface area contributed by atoms with E-state index in [2.05, 4.69) is 131 Å². The van der Waals surface area contributed by atoms with Crippen LogP contribution < -0.4 is 9.80 Å². The highest BCUT2D eigenvalue weighted by molar-refractivity contribution is 6.21. The highest BCUT2D eigenvalue weighted by Gasteiger charge is 2.21. The van der Waals surface area contributed by atoms with E-state index in [1.165, 1.54) is 32.7 Å². The third-order valence-corrected chi connectivity index (χ3v) is 10.1. The molecule has 0 saturated heterocycles. The Kier molecular flexibility index (Phi) is 9.00. The van der Waals surface area contributed by atoms with Gasteiger partial charge in [-0.05, 0) is 132 Å². The number of aryl methyl sites for hydroxylation is 4. The van der Waals surface area contributed by atoms with E-state index in [9.17, 15) is 0 Å². The van der Waals surface area contributed by atoms with Crippen molar-refractivity contribution in [1.82, 2.24) is 19.9 Å². The fourth-order valence-electron chi connectivity index (χ4n) is 7.83. The maximum Gasteiger partial charge on any atom is 0.235 e. The third kappa shape index (κ3) is 6.52. The first kappa shape index (κ1) is 34.6. The number of rotatable bonds is 8. The first-order valence-corrected chi connectivity index (χ1v) is 18.9. The van der Waals surface area contributed by atoms with E-state index in [1.807, 2.05) is 76.2 Å². The topological polar surface area (TPSA) is 58.0 Å². The Morgan fingerprint density at radius 2 is 0.571 bits per heavy atom. The van der Waals surface area contributed by atoms with Crippen molar-refractivity contribution in [1.29, 1.82) is 0 Å². The molecule has 6 heteroatoms. The Morgan fingerprint density at radius 3 is 0.875 bits per heavy atom. The van der Waals surface area contributed by atoms with Crippen LogP contribution in [0.2, 0.25) is 0 Å². The molecule has 0 N–H and O–H groups in total. The number of aromatic nitrogens is 4. The molecular formula is C50H40N6. The lowest BCUT2D eigenvalue weighted by molar-refractivity contribution is 1.01.